The molecule has 0 atom stereocenters. The van der Waals surface area contributed by atoms with Crippen molar-refractivity contribution >= 4 is 11.6 Å². The molecule has 0 saturated heterocycles. The number of nitrogens with zero attached hydrogens (tertiary/aromatic N) is 1. The van der Waals surface area contributed by atoms with Crippen LogP contribution in [0.1, 0.15) is 19.4 Å². The van der Waals surface area contributed by atoms with Gasteiger partial charge < -0.3 is 11.5 Å². The first-order valence-corrected chi connectivity index (χ1v) is 4.35. The maximum absolute atomic E-state index is 5.20. The van der Waals surface area contributed by atoms with Crippen LogP contribution in [0.2, 0.25) is 0 Å². The first-order valence-electron chi connectivity index (χ1n) is 4.35. The third-order valence-electron chi connectivity index (χ3n) is 1.26. The van der Waals surface area contributed by atoms with Crippen molar-refractivity contribution in [3.8, 4) is 0 Å². The highest BCUT2D eigenvalue weighted by atomic mass is 15.0. The molecule has 0 amide bonds. The molecule has 0 aliphatic carbocycles. The highest BCUT2D eigenvalue weighted by Crippen LogP contribution is 2.12. The van der Waals surface area contributed by atoms with Crippen LogP contribution in [0.4, 0.5) is 5.69 Å². The fourth-order valence-electron chi connectivity index (χ4n) is 0.847. The van der Waals surface area contributed by atoms with E-state index >= 15 is 0 Å². The molecule has 0 bridgehead atoms. The van der Waals surface area contributed by atoms with Gasteiger partial charge in [-0.15, -0.1) is 0 Å². The van der Waals surface area contributed by atoms with Crippen LogP contribution in [0.3, 0.4) is 0 Å². The van der Waals surface area contributed by atoms with Crippen molar-refractivity contribution in [1.82, 2.24) is 0 Å². The Kier molecular flexibility index (Phi) is 5.35. The minimum absolute atomic E-state index is 0.0931. The second-order valence-electron chi connectivity index (χ2n) is 2.38. The molecule has 3 nitrogen and oxygen atoms in total. The van der Waals surface area contributed by atoms with Crippen LogP contribution < -0.4 is 11.5 Å². The lowest BCUT2D eigenvalue weighted by Gasteiger charge is -1.95. The second kappa shape index (κ2) is 6.06. The van der Waals surface area contributed by atoms with Crippen molar-refractivity contribution in [2.75, 3.05) is 0 Å². The molecule has 0 radical (unpaired) electrons. The number of hydrogen-bond donors (Lipinski definition) is 2. The fourth-order valence-corrected chi connectivity index (χ4v) is 0.847. The number of hydrogen-bond acceptors (Lipinski definition) is 1. The Morgan fingerprint density at radius 3 is 2.31 bits per heavy atom. The van der Waals surface area contributed by atoms with E-state index in [2.05, 4.69) is 4.99 Å². The Morgan fingerprint density at radius 1 is 1.23 bits per heavy atom. The molecule has 0 aliphatic rings. The summed E-state index contributed by atoms with van der Waals surface area (Å²) in [5.41, 5.74) is 12.3. The SMILES string of the molecule is CC.Cc1cccc(N=C(N)N)c1. The van der Waals surface area contributed by atoms with Crippen molar-refractivity contribution < 1.29 is 0 Å². The third-order valence-corrected chi connectivity index (χ3v) is 1.26. The standard InChI is InChI=1S/C8H11N3.C2H6/c1-6-3-2-4-7(5-6)11-8(9)10;1-2/h2-5H,1H3,(H4,9,10,11);1-2H3. The fraction of sp³-hybridized carbons (Fsp3) is 0.300. The van der Waals surface area contributed by atoms with Gasteiger partial charge in [-0.2, -0.15) is 0 Å². The van der Waals surface area contributed by atoms with E-state index in [1.54, 1.807) is 0 Å². The Morgan fingerprint density at radius 2 is 1.85 bits per heavy atom. The predicted octanol–water partition coefficient (Wildman–Crippen LogP) is 1.93. The highest BCUT2D eigenvalue weighted by Gasteiger charge is 1.88. The lowest BCUT2D eigenvalue weighted by atomic mass is 10.2. The summed E-state index contributed by atoms with van der Waals surface area (Å²) >= 11 is 0. The first-order chi connectivity index (χ1) is 6.18. The Labute approximate surface area is 79.5 Å². The lowest BCUT2D eigenvalue weighted by molar-refractivity contribution is 1.39. The second-order valence-corrected chi connectivity index (χ2v) is 2.38. The average Bonchev–Trinajstić information content (AvgIpc) is 2.06. The zero-order valence-corrected chi connectivity index (χ0v) is 8.41. The van der Waals surface area contributed by atoms with Crippen LogP contribution in [0.15, 0.2) is 29.3 Å². The Bertz CT molecular complexity index is 275. The summed E-state index contributed by atoms with van der Waals surface area (Å²) in [6, 6.07) is 7.68. The molecular formula is C10H17N3. The maximum Gasteiger partial charge on any atom is 0.191 e. The van der Waals surface area contributed by atoms with Crippen molar-refractivity contribution in [2.24, 2.45) is 16.5 Å². The molecule has 0 unspecified atom stereocenters. The molecule has 1 rings (SSSR count). The number of aliphatic imine (C=N–C) groups is 1. The van der Waals surface area contributed by atoms with E-state index in [1.807, 2.05) is 45.0 Å². The quantitative estimate of drug-likeness (QED) is 0.511. The maximum atomic E-state index is 5.20. The molecule has 4 N–H and O–H groups in total. The molecule has 0 fully saturated rings. The van der Waals surface area contributed by atoms with Crippen molar-refractivity contribution in [1.29, 1.82) is 0 Å². The molecule has 3 heteroatoms. The van der Waals surface area contributed by atoms with Crippen molar-refractivity contribution in [3.05, 3.63) is 29.8 Å². The number of benzene rings is 1. The van der Waals surface area contributed by atoms with Gasteiger partial charge in [-0.25, -0.2) is 4.99 Å². The van der Waals surface area contributed by atoms with Gasteiger partial charge in [0, 0.05) is 0 Å². The van der Waals surface area contributed by atoms with Gasteiger partial charge in [-0.3, -0.25) is 0 Å². The summed E-state index contributed by atoms with van der Waals surface area (Å²) in [5, 5.41) is 0. The number of aryl methyl sites for hydroxylation is 1. The lowest BCUT2D eigenvalue weighted by Crippen LogP contribution is -2.21. The largest absolute Gasteiger partial charge is 0.370 e. The zero-order valence-electron chi connectivity index (χ0n) is 8.41. The smallest absolute Gasteiger partial charge is 0.191 e. The van der Waals surface area contributed by atoms with Crippen LogP contribution in [0.25, 0.3) is 0 Å². The minimum Gasteiger partial charge on any atom is -0.370 e. The zero-order chi connectivity index (χ0) is 10.3. The summed E-state index contributed by atoms with van der Waals surface area (Å²) in [6.07, 6.45) is 0. The van der Waals surface area contributed by atoms with Crippen LogP contribution in [0, 0.1) is 6.92 Å². The molecule has 0 saturated carbocycles. The predicted molar refractivity (Wildman–Crippen MR) is 58.0 cm³/mol. The highest BCUT2D eigenvalue weighted by molar-refractivity contribution is 5.78. The van der Waals surface area contributed by atoms with E-state index in [-0.39, 0.29) is 5.96 Å². The summed E-state index contributed by atoms with van der Waals surface area (Å²) in [7, 11) is 0. The van der Waals surface area contributed by atoms with Gasteiger partial charge in [-0.05, 0) is 24.6 Å². The van der Waals surface area contributed by atoms with Gasteiger partial charge in [-0.1, -0.05) is 26.0 Å². The van der Waals surface area contributed by atoms with Gasteiger partial charge in [0.2, 0.25) is 0 Å². The first kappa shape index (κ1) is 11.5. The van der Waals surface area contributed by atoms with Crippen molar-refractivity contribution in [2.45, 2.75) is 20.8 Å². The van der Waals surface area contributed by atoms with Crippen LogP contribution in [-0.4, -0.2) is 5.96 Å². The molecule has 0 spiro atoms. The molecule has 0 aromatic heterocycles. The van der Waals surface area contributed by atoms with E-state index in [0.29, 0.717) is 0 Å². The van der Waals surface area contributed by atoms with Gasteiger partial charge in [0.15, 0.2) is 5.96 Å². The number of nitrogens with two attached hydrogens (primary N) is 2. The van der Waals surface area contributed by atoms with Crippen LogP contribution in [-0.2, 0) is 0 Å². The summed E-state index contributed by atoms with van der Waals surface area (Å²) in [4.78, 5) is 3.89. The van der Waals surface area contributed by atoms with Crippen LogP contribution in [0.5, 0.6) is 0 Å². The molecule has 72 valence electrons. The van der Waals surface area contributed by atoms with E-state index in [9.17, 15) is 0 Å². The molecular weight excluding hydrogens is 162 g/mol. The van der Waals surface area contributed by atoms with E-state index in [1.165, 1.54) is 0 Å². The Hall–Kier alpha value is -1.51. The van der Waals surface area contributed by atoms with Gasteiger partial charge in [0.1, 0.15) is 0 Å². The molecule has 13 heavy (non-hydrogen) atoms. The van der Waals surface area contributed by atoms with Gasteiger partial charge in [0.05, 0.1) is 5.69 Å². The average molecular weight is 179 g/mol. The van der Waals surface area contributed by atoms with E-state index in [4.69, 9.17) is 11.5 Å². The molecule has 1 aromatic rings. The molecule has 1 aromatic carbocycles. The Balaban J connectivity index is 0.000000671. The van der Waals surface area contributed by atoms with Gasteiger partial charge in [0.25, 0.3) is 0 Å². The van der Waals surface area contributed by atoms with E-state index in [0.717, 1.165) is 11.3 Å². The normalized spacial score (nSPS) is 8.23. The minimum atomic E-state index is 0.0931. The van der Waals surface area contributed by atoms with Crippen molar-refractivity contribution in [3.63, 3.8) is 0 Å². The topological polar surface area (TPSA) is 64.4 Å². The molecule has 0 heterocycles. The molecule has 0 aliphatic heterocycles. The number of rotatable bonds is 1. The van der Waals surface area contributed by atoms with Crippen LogP contribution >= 0.6 is 0 Å². The summed E-state index contributed by atoms with van der Waals surface area (Å²) in [5.74, 6) is 0.0931. The summed E-state index contributed by atoms with van der Waals surface area (Å²) in [6.45, 7) is 5.99. The monoisotopic (exact) mass is 179 g/mol. The number of guanidine groups is 1. The van der Waals surface area contributed by atoms with E-state index < -0.39 is 0 Å². The summed E-state index contributed by atoms with van der Waals surface area (Å²) < 4.78 is 0. The van der Waals surface area contributed by atoms with Gasteiger partial charge >= 0.3 is 0 Å². The third kappa shape index (κ3) is 4.85.